The van der Waals surface area contributed by atoms with Crippen molar-refractivity contribution in [2.24, 2.45) is 0 Å². The summed E-state index contributed by atoms with van der Waals surface area (Å²) in [5.41, 5.74) is 0. The summed E-state index contributed by atoms with van der Waals surface area (Å²) in [7, 11) is 2.67. The van der Waals surface area contributed by atoms with Crippen molar-refractivity contribution >= 4 is 8.80 Å². The van der Waals surface area contributed by atoms with Gasteiger partial charge in [-0.15, -0.1) is 0 Å². The summed E-state index contributed by atoms with van der Waals surface area (Å²) in [4.78, 5) is 0. The minimum absolute atomic E-state index is 0.876. The van der Waals surface area contributed by atoms with Crippen LogP contribution in [0.2, 0.25) is 6.04 Å². The fourth-order valence-corrected chi connectivity index (χ4v) is 4.22. The van der Waals surface area contributed by atoms with Crippen LogP contribution in [0.15, 0.2) is 0 Å². The second-order valence-electron chi connectivity index (χ2n) is 5.62. The smallest absolute Gasteiger partial charge is 0.377 e. The first-order valence-electron chi connectivity index (χ1n) is 8.60. The summed E-state index contributed by atoms with van der Waals surface area (Å²) in [5.74, 6) is 0. The Labute approximate surface area is 133 Å². The lowest BCUT2D eigenvalue weighted by molar-refractivity contribution is 0.123. The van der Waals surface area contributed by atoms with Gasteiger partial charge in [0.05, 0.1) is 0 Å². The molecule has 0 rings (SSSR count). The molecule has 0 fully saturated rings. The second-order valence-corrected chi connectivity index (χ2v) is 8.71. The zero-order chi connectivity index (χ0) is 15.8. The molecular weight excluding hydrogens is 282 g/mol. The molecule has 0 aromatic rings. The first-order valence-corrected chi connectivity index (χ1v) is 10.5. The lowest BCUT2D eigenvalue weighted by Gasteiger charge is -2.24. The van der Waals surface area contributed by atoms with Crippen molar-refractivity contribution in [1.29, 1.82) is 0 Å². The van der Waals surface area contributed by atoms with Gasteiger partial charge in [0.25, 0.3) is 0 Å². The molecule has 0 radical (unpaired) electrons. The average molecular weight is 320 g/mol. The molecule has 5 heteroatoms. The minimum atomic E-state index is -2.35. The Kier molecular flexibility index (Phi) is 15.0. The van der Waals surface area contributed by atoms with Gasteiger partial charge < -0.3 is 18.6 Å². The molecule has 0 aliphatic rings. The molecule has 21 heavy (non-hydrogen) atoms. The van der Waals surface area contributed by atoms with Crippen LogP contribution in [0.3, 0.4) is 0 Å². The summed E-state index contributed by atoms with van der Waals surface area (Å²) in [6.45, 7) is 4.40. The van der Waals surface area contributed by atoms with E-state index in [1.54, 1.807) is 21.3 Å². The SMILES string of the molecule is CCCCCCCCCCNCCC[Si](OC)(OC)OC. The van der Waals surface area contributed by atoms with Crippen molar-refractivity contribution in [1.82, 2.24) is 5.32 Å². The number of hydrogen-bond donors (Lipinski definition) is 1. The minimum Gasteiger partial charge on any atom is -0.377 e. The monoisotopic (exact) mass is 319 g/mol. The first kappa shape index (κ1) is 21.1. The summed E-state index contributed by atoms with van der Waals surface area (Å²) in [6, 6.07) is 0.876. The highest BCUT2D eigenvalue weighted by molar-refractivity contribution is 6.60. The number of nitrogens with one attached hydrogen (secondary N) is 1. The Morgan fingerprint density at radius 3 is 1.67 bits per heavy atom. The van der Waals surface area contributed by atoms with Gasteiger partial charge in [0.15, 0.2) is 0 Å². The predicted octanol–water partition coefficient (Wildman–Crippen LogP) is 3.98. The van der Waals surface area contributed by atoms with Crippen LogP contribution in [-0.4, -0.2) is 43.2 Å². The molecule has 0 amide bonds. The molecule has 0 aliphatic heterocycles. The molecule has 4 nitrogen and oxygen atoms in total. The molecule has 0 saturated heterocycles. The largest absolute Gasteiger partial charge is 0.500 e. The topological polar surface area (TPSA) is 39.7 Å². The molecule has 128 valence electrons. The van der Waals surface area contributed by atoms with E-state index in [2.05, 4.69) is 12.2 Å². The highest BCUT2D eigenvalue weighted by Crippen LogP contribution is 2.14. The van der Waals surface area contributed by atoms with Crippen LogP contribution in [-0.2, 0) is 13.3 Å². The Balaban J connectivity index is 3.29. The molecule has 1 N–H and O–H groups in total. The lowest BCUT2D eigenvalue weighted by Crippen LogP contribution is -2.43. The van der Waals surface area contributed by atoms with E-state index in [1.807, 2.05) is 0 Å². The van der Waals surface area contributed by atoms with Gasteiger partial charge in [-0.1, -0.05) is 51.9 Å². The van der Waals surface area contributed by atoms with Crippen LogP contribution >= 0.6 is 0 Å². The first-order chi connectivity index (χ1) is 10.2. The zero-order valence-electron chi connectivity index (χ0n) is 14.7. The van der Waals surface area contributed by atoms with E-state index < -0.39 is 8.80 Å². The van der Waals surface area contributed by atoms with Gasteiger partial charge in [-0.25, -0.2) is 0 Å². The van der Waals surface area contributed by atoms with Crippen molar-refractivity contribution in [3.05, 3.63) is 0 Å². The third kappa shape index (κ3) is 11.3. The van der Waals surface area contributed by atoms with E-state index in [0.29, 0.717) is 0 Å². The van der Waals surface area contributed by atoms with Crippen molar-refractivity contribution in [2.75, 3.05) is 34.4 Å². The third-order valence-corrected chi connectivity index (χ3v) is 6.81. The van der Waals surface area contributed by atoms with Gasteiger partial charge in [0.2, 0.25) is 0 Å². The molecule has 0 spiro atoms. The number of rotatable bonds is 16. The van der Waals surface area contributed by atoms with Crippen molar-refractivity contribution < 1.29 is 13.3 Å². The summed E-state index contributed by atoms with van der Waals surface area (Å²) in [6.07, 6.45) is 12.0. The van der Waals surface area contributed by atoms with Crippen molar-refractivity contribution in [2.45, 2.75) is 70.8 Å². The molecule has 0 atom stereocenters. The van der Waals surface area contributed by atoms with E-state index in [1.165, 1.54) is 51.4 Å². The molecule has 0 unspecified atom stereocenters. The third-order valence-electron chi connectivity index (χ3n) is 3.98. The highest BCUT2D eigenvalue weighted by atomic mass is 28.4. The molecular formula is C16H37NO3Si. The Bertz CT molecular complexity index is 205. The summed E-state index contributed by atoms with van der Waals surface area (Å²) in [5, 5.41) is 3.50. The van der Waals surface area contributed by atoms with E-state index in [9.17, 15) is 0 Å². The fraction of sp³-hybridized carbons (Fsp3) is 1.00. The van der Waals surface area contributed by atoms with Crippen molar-refractivity contribution in [3.63, 3.8) is 0 Å². The quantitative estimate of drug-likeness (QED) is 0.345. The van der Waals surface area contributed by atoms with Gasteiger partial charge >= 0.3 is 8.80 Å². The van der Waals surface area contributed by atoms with Crippen LogP contribution in [0.1, 0.15) is 64.7 Å². The second kappa shape index (κ2) is 15.0. The Hall–Kier alpha value is 0.0569. The van der Waals surface area contributed by atoms with Crippen LogP contribution < -0.4 is 5.32 Å². The van der Waals surface area contributed by atoms with E-state index >= 15 is 0 Å². The average Bonchev–Trinajstić information content (AvgIpc) is 2.53. The maximum atomic E-state index is 5.40. The maximum absolute atomic E-state index is 5.40. The van der Waals surface area contributed by atoms with Crippen LogP contribution in [0, 0.1) is 0 Å². The normalized spacial score (nSPS) is 12.0. The van der Waals surface area contributed by atoms with Gasteiger partial charge in [-0.3, -0.25) is 0 Å². The molecule has 0 aliphatic carbocycles. The van der Waals surface area contributed by atoms with Crippen LogP contribution in [0.25, 0.3) is 0 Å². The van der Waals surface area contributed by atoms with Gasteiger partial charge in [-0.05, 0) is 25.9 Å². The zero-order valence-corrected chi connectivity index (χ0v) is 15.7. The standard InChI is InChI=1S/C16H37NO3Si/c1-5-6-7-8-9-10-11-12-14-17-15-13-16-21(18-2,19-3)20-4/h17H,5-16H2,1-4H3. The highest BCUT2D eigenvalue weighted by Gasteiger charge is 2.36. The van der Waals surface area contributed by atoms with Crippen molar-refractivity contribution in [3.8, 4) is 0 Å². The van der Waals surface area contributed by atoms with Crippen LogP contribution in [0.5, 0.6) is 0 Å². The molecule has 0 aromatic carbocycles. The maximum Gasteiger partial charge on any atom is 0.500 e. The van der Waals surface area contributed by atoms with Gasteiger partial charge in [0.1, 0.15) is 0 Å². The molecule has 0 bridgehead atoms. The molecule has 0 saturated carbocycles. The van der Waals surface area contributed by atoms with E-state index in [4.69, 9.17) is 13.3 Å². The van der Waals surface area contributed by atoms with E-state index in [-0.39, 0.29) is 0 Å². The fourth-order valence-electron chi connectivity index (χ4n) is 2.49. The number of hydrogen-bond acceptors (Lipinski definition) is 4. The summed E-state index contributed by atoms with van der Waals surface area (Å²) < 4.78 is 16.2. The summed E-state index contributed by atoms with van der Waals surface area (Å²) >= 11 is 0. The van der Waals surface area contributed by atoms with Gasteiger partial charge in [0, 0.05) is 27.4 Å². The van der Waals surface area contributed by atoms with E-state index in [0.717, 1.165) is 25.6 Å². The molecule has 0 aromatic heterocycles. The molecule has 0 heterocycles. The van der Waals surface area contributed by atoms with Gasteiger partial charge in [-0.2, -0.15) is 0 Å². The lowest BCUT2D eigenvalue weighted by atomic mass is 10.1. The predicted molar refractivity (Wildman–Crippen MR) is 91.7 cm³/mol. The number of unbranched alkanes of at least 4 members (excludes halogenated alkanes) is 7. The Morgan fingerprint density at radius 1 is 0.667 bits per heavy atom. The van der Waals surface area contributed by atoms with Crippen LogP contribution in [0.4, 0.5) is 0 Å². The Morgan fingerprint density at radius 2 is 1.14 bits per heavy atom.